The van der Waals surface area contributed by atoms with Gasteiger partial charge in [-0.05, 0) is 16.9 Å². The van der Waals surface area contributed by atoms with Gasteiger partial charge in [-0.3, -0.25) is 0 Å². The lowest BCUT2D eigenvalue weighted by Gasteiger charge is -2.34. The second-order valence-electron chi connectivity index (χ2n) is 5.72. The highest BCUT2D eigenvalue weighted by Crippen LogP contribution is 2.46. The van der Waals surface area contributed by atoms with Gasteiger partial charge >= 0.3 is 6.09 Å². The van der Waals surface area contributed by atoms with Crippen LogP contribution in [0.5, 0.6) is 0 Å². The molecule has 0 bridgehead atoms. The standard InChI is InChI=1S/C17H19N3O2S/c21-17(22)20-8-6-19(7-9-20)14-5-3-4-13-15(12-18-16(13)14)23-10-1-2-11-23/h1-5,10-12,18,23H,6-9H2,(H,21,22). The molecule has 5 nitrogen and oxygen atoms in total. The number of fused-ring (bicyclic) bond motifs is 1. The molecule has 4 rings (SSSR count). The van der Waals surface area contributed by atoms with Gasteiger partial charge < -0.3 is 19.9 Å². The van der Waals surface area contributed by atoms with Gasteiger partial charge in [0.15, 0.2) is 0 Å². The van der Waals surface area contributed by atoms with E-state index in [1.165, 1.54) is 20.9 Å². The zero-order chi connectivity index (χ0) is 15.8. The minimum absolute atomic E-state index is 0.345. The molecule has 1 saturated heterocycles. The van der Waals surface area contributed by atoms with Crippen LogP contribution in [0.4, 0.5) is 10.5 Å². The summed E-state index contributed by atoms with van der Waals surface area (Å²) in [5.41, 5.74) is 2.32. The minimum atomic E-state index is -0.826. The molecule has 2 N–H and O–H groups in total. The molecule has 2 aromatic rings. The molecular formula is C17H19N3O2S. The second kappa shape index (κ2) is 5.70. The molecule has 23 heavy (non-hydrogen) atoms. The van der Waals surface area contributed by atoms with Crippen molar-refractivity contribution in [3.63, 3.8) is 0 Å². The van der Waals surface area contributed by atoms with E-state index in [1.807, 2.05) is 0 Å². The Labute approximate surface area is 137 Å². The fraction of sp³-hybridized carbons (Fsp3) is 0.235. The van der Waals surface area contributed by atoms with Gasteiger partial charge in [-0.1, -0.05) is 24.3 Å². The van der Waals surface area contributed by atoms with Gasteiger partial charge in [0.1, 0.15) is 0 Å². The maximum atomic E-state index is 11.1. The van der Waals surface area contributed by atoms with E-state index in [0.717, 1.165) is 18.6 Å². The number of piperazine rings is 1. The number of hydrogen-bond acceptors (Lipinski definition) is 2. The van der Waals surface area contributed by atoms with E-state index in [2.05, 4.69) is 57.2 Å². The van der Waals surface area contributed by atoms with Crippen LogP contribution in [0.3, 0.4) is 0 Å². The smallest absolute Gasteiger partial charge is 0.407 e. The number of thiol groups is 1. The van der Waals surface area contributed by atoms with Gasteiger partial charge in [0.2, 0.25) is 0 Å². The van der Waals surface area contributed by atoms with Crippen LogP contribution < -0.4 is 4.90 Å². The Bertz CT molecular complexity index is 791. The number of amides is 1. The van der Waals surface area contributed by atoms with E-state index in [1.54, 1.807) is 0 Å². The molecule has 0 unspecified atom stereocenters. The molecule has 120 valence electrons. The fourth-order valence-electron chi connectivity index (χ4n) is 3.23. The third-order valence-corrected chi connectivity index (χ3v) is 6.36. The molecule has 2 aliphatic heterocycles. The summed E-state index contributed by atoms with van der Waals surface area (Å²) in [5, 5.41) is 14.9. The number of aromatic nitrogens is 1. The molecule has 1 fully saturated rings. The predicted molar refractivity (Wildman–Crippen MR) is 95.6 cm³/mol. The number of hydrogen-bond donors (Lipinski definition) is 3. The predicted octanol–water partition coefficient (Wildman–Crippen LogP) is 3.37. The molecule has 0 atom stereocenters. The van der Waals surface area contributed by atoms with Crippen LogP contribution in [0.1, 0.15) is 0 Å². The van der Waals surface area contributed by atoms with Crippen molar-refractivity contribution in [3.8, 4) is 0 Å². The molecule has 0 radical (unpaired) electrons. The number of para-hydroxylation sites is 1. The van der Waals surface area contributed by atoms with Gasteiger partial charge in [0, 0.05) is 42.7 Å². The van der Waals surface area contributed by atoms with Crippen LogP contribution in [-0.2, 0) is 0 Å². The molecule has 0 spiro atoms. The van der Waals surface area contributed by atoms with Crippen molar-refractivity contribution in [1.29, 1.82) is 0 Å². The van der Waals surface area contributed by atoms with Crippen LogP contribution >= 0.6 is 10.9 Å². The van der Waals surface area contributed by atoms with Gasteiger partial charge in [0.05, 0.1) is 11.2 Å². The summed E-state index contributed by atoms with van der Waals surface area (Å²) in [6.45, 7) is 2.57. The van der Waals surface area contributed by atoms with Crippen molar-refractivity contribution in [2.24, 2.45) is 0 Å². The molecule has 6 heteroatoms. The molecular weight excluding hydrogens is 310 g/mol. The number of carbonyl (C=O) groups is 1. The van der Waals surface area contributed by atoms with Crippen LogP contribution in [0.25, 0.3) is 10.9 Å². The Balaban J connectivity index is 1.65. The first-order valence-electron chi connectivity index (χ1n) is 7.70. The summed E-state index contributed by atoms with van der Waals surface area (Å²) in [5.74, 6) is 0. The van der Waals surface area contributed by atoms with E-state index in [0.29, 0.717) is 13.1 Å². The number of allylic oxidation sites excluding steroid dienone is 2. The molecule has 1 aromatic carbocycles. The number of aromatic amines is 1. The summed E-state index contributed by atoms with van der Waals surface area (Å²) in [7, 11) is -0.345. The first-order valence-corrected chi connectivity index (χ1v) is 9.18. The Hall–Kier alpha value is -2.34. The van der Waals surface area contributed by atoms with Crippen molar-refractivity contribution in [3.05, 3.63) is 47.4 Å². The SMILES string of the molecule is O=C(O)N1CCN(c2cccc3c([SH]4C=CC=C4)c[nH]c23)CC1. The number of nitrogens with one attached hydrogen (secondary N) is 1. The quantitative estimate of drug-likeness (QED) is 0.740. The number of benzene rings is 1. The summed E-state index contributed by atoms with van der Waals surface area (Å²) < 4.78 is 0. The number of H-pyrrole nitrogens is 1. The van der Waals surface area contributed by atoms with Crippen LogP contribution in [0, 0.1) is 0 Å². The normalized spacial score (nSPS) is 19.0. The summed E-state index contributed by atoms with van der Waals surface area (Å²) in [6, 6.07) is 6.38. The number of rotatable bonds is 2. The largest absolute Gasteiger partial charge is 0.465 e. The molecule has 1 aromatic heterocycles. The highest BCUT2D eigenvalue weighted by molar-refractivity contribution is 8.22. The maximum absolute atomic E-state index is 11.1. The van der Waals surface area contributed by atoms with Gasteiger partial charge in [-0.2, -0.15) is 10.9 Å². The van der Waals surface area contributed by atoms with Crippen LogP contribution in [0.2, 0.25) is 0 Å². The minimum Gasteiger partial charge on any atom is -0.465 e. The lowest BCUT2D eigenvalue weighted by molar-refractivity contribution is 0.142. The zero-order valence-corrected chi connectivity index (χ0v) is 13.5. The molecule has 2 aliphatic rings. The Morgan fingerprint density at radius 1 is 1.13 bits per heavy atom. The van der Waals surface area contributed by atoms with Crippen LogP contribution in [-0.4, -0.2) is 47.3 Å². The van der Waals surface area contributed by atoms with E-state index < -0.39 is 6.09 Å². The summed E-state index contributed by atoms with van der Waals surface area (Å²) >= 11 is 0. The Kier molecular flexibility index (Phi) is 3.53. The maximum Gasteiger partial charge on any atom is 0.407 e. The first-order chi connectivity index (χ1) is 11.2. The van der Waals surface area contributed by atoms with E-state index in [4.69, 9.17) is 5.11 Å². The monoisotopic (exact) mass is 329 g/mol. The van der Waals surface area contributed by atoms with Crippen LogP contribution in [0.15, 0.2) is 52.3 Å². The number of nitrogens with zero attached hydrogens (tertiary/aromatic N) is 2. The van der Waals surface area contributed by atoms with Crippen molar-refractivity contribution in [2.45, 2.75) is 4.90 Å². The summed E-state index contributed by atoms with van der Waals surface area (Å²) in [6.07, 6.45) is 5.51. The third kappa shape index (κ3) is 2.49. The van der Waals surface area contributed by atoms with E-state index in [-0.39, 0.29) is 10.9 Å². The fourth-order valence-corrected chi connectivity index (χ4v) is 4.90. The van der Waals surface area contributed by atoms with E-state index >= 15 is 0 Å². The average molecular weight is 329 g/mol. The molecule has 0 aliphatic carbocycles. The second-order valence-corrected chi connectivity index (χ2v) is 7.61. The Morgan fingerprint density at radius 2 is 1.87 bits per heavy atom. The number of carboxylic acid groups (broad SMARTS) is 1. The number of anilines is 1. The zero-order valence-electron chi connectivity index (χ0n) is 12.6. The van der Waals surface area contributed by atoms with Gasteiger partial charge in [-0.25, -0.2) is 4.79 Å². The lowest BCUT2D eigenvalue weighted by atomic mass is 10.2. The van der Waals surface area contributed by atoms with Gasteiger partial charge in [-0.15, -0.1) is 0 Å². The van der Waals surface area contributed by atoms with E-state index in [9.17, 15) is 4.79 Å². The molecule has 1 amide bonds. The van der Waals surface area contributed by atoms with Crippen molar-refractivity contribution in [1.82, 2.24) is 9.88 Å². The van der Waals surface area contributed by atoms with Crippen molar-refractivity contribution >= 4 is 33.6 Å². The Morgan fingerprint density at radius 3 is 2.57 bits per heavy atom. The van der Waals surface area contributed by atoms with Crippen molar-refractivity contribution < 1.29 is 9.90 Å². The van der Waals surface area contributed by atoms with Crippen molar-refractivity contribution in [2.75, 3.05) is 31.1 Å². The summed E-state index contributed by atoms with van der Waals surface area (Å²) in [4.78, 5) is 19.6. The molecule has 3 heterocycles. The third-order valence-electron chi connectivity index (χ3n) is 4.45. The van der Waals surface area contributed by atoms with Gasteiger partial charge in [0.25, 0.3) is 0 Å². The molecule has 0 saturated carbocycles. The highest BCUT2D eigenvalue weighted by Gasteiger charge is 2.22. The lowest BCUT2D eigenvalue weighted by Crippen LogP contribution is -2.48. The average Bonchev–Trinajstić information content (AvgIpc) is 3.23. The topological polar surface area (TPSA) is 59.6 Å². The first kappa shape index (κ1) is 14.3. The highest BCUT2D eigenvalue weighted by atomic mass is 32.2.